The van der Waals surface area contributed by atoms with Gasteiger partial charge >= 0.3 is 6.11 Å². The SMILES string of the molecule is CSc1ccc(C(=O)c2cnoc2C2CC2)c(OC(F)(F)C(F)Cl)c1. The van der Waals surface area contributed by atoms with E-state index >= 15 is 0 Å². The number of benzene rings is 1. The molecule has 0 radical (unpaired) electrons. The van der Waals surface area contributed by atoms with Crippen molar-refractivity contribution in [2.24, 2.45) is 0 Å². The number of aromatic nitrogens is 1. The molecule has 1 unspecified atom stereocenters. The van der Waals surface area contributed by atoms with Crippen LogP contribution in [-0.4, -0.2) is 28.9 Å². The number of nitrogens with zero attached hydrogens (tertiary/aromatic N) is 1. The molecule has 1 aliphatic carbocycles. The van der Waals surface area contributed by atoms with Gasteiger partial charge in [-0.2, -0.15) is 8.78 Å². The molecule has 4 nitrogen and oxygen atoms in total. The molecule has 9 heteroatoms. The van der Waals surface area contributed by atoms with Gasteiger partial charge in [0.05, 0.1) is 17.3 Å². The Morgan fingerprint density at radius 2 is 2.16 bits per heavy atom. The quantitative estimate of drug-likeness (QED) is 0.377. The van der Waals surface area contributed by atoms with Crippen molar-refractivity contribution in [3.8, 4) is 5.75 Å². The van der Waals surface area contributed by atoms with Crippen molar-refractivity contribution in [1.82, 2.24) is 5.16 Å². The third-order valence-electron chi connectivity index (χ3n) is 3.72. The first-order valence-corrected chi connectivity index (χ1v) is 9.02. The molecule has 0 aliphatic heterocycles. The minimum atomic E-state index is -4.28. The maximum absolute atomic E-state index is 13.6. The summed E-state index contributed by atoms with van der Waals surface area (Å²) < 4.78 is 49.6. The summed E-state index contributed by atoms with van der Waals surface area (Å²) in [4.78, 5) is 13.3. The Kier molecular flexibility index (Phi) is 5.02. The average Bonchev–Trinajstić information content (AvgIpc) is 3.30. The highest BCUT2D eigenvalue weighted by atomic mass is 35.5. The predicted octanol–water partition coefficient (Wildman–Crippen LogP) is 5.01. The fourth-order valence-electron chi connectivity index (χ4n) is 2.30. The van der Waals surface area contributed by atoms with E-state index in [2.05, 4.69) is 9.89 Å². The fourth-order valence-corrected chi connectivity index (χ4v) is 2.77. The third-order valence-corrected chi connectivity index (χ3v) is 4.70. The summed E-state index contributed by atoms with van der Waals surface area (Å²) in [5, 5.41) is 3.63. The molecule has 2 aromatic rings. The maximum atomic E-state index is 13.6. The van der Waals surface area contributed by atoms with Crippen LogP contribution in [-0.2, 0) is 0 Å². The Balaban J connectivity index is 1.99. The van der Waals surface area contributed by atoms with Crippen LogP contribution in [0.15, 0.2) is 33.8 Å². The van der Waals surface area contributed by atoms with E-state index in [-0.39, 0.29) is 17.0 Å². The van der Waals surface area contributed by atoms with Crippen LogP contribution in [0.2, 0.25) is 0 Å². The molecule has 0 amide bonds. The highest BCUT2D eigenvalue weighted by Crippen LogP contribution is 2.43. The van der Waals surface area contributed by atoms with Gasteiger partial charge in [0.15, 0.2) is 5.76 Å². The smallest absolute Gasteiger partial charge is 0.429 e. The molecule has 3 rings (SSSR count). The minimum Gasteiger partial charge on any atom is -0.429 e. The first kappa shape index (κ1) is 18.1. The Hall–Kier alpha value is -1.67. The van der Waals surface area contributed by atoms with Gasteiger partial charge in [0.25, 0.3) is 5.63 Å². The van der Waals surface area contributed by atoms with Crippen molar-refractivity contribution in [3.05, 3.63) is 41.3 Å². The molecule has 134 valence electrons. The highest BCUT2D eigenvalue weighted by Gasteiger charge is 2.43. The van der Waals surface area contributed by atoms with Gasteiger partial charge in [-0.15, -0.1) is 11.8 Å². The summed E-state index contributed by atoms with van der Waals surface area (Å²) in [6, 6.07) is 4.18. The molecule has 1 aromatic carbocycles. The Morgan fingerprint density at radius 1 is 1.44 bits per heavy atom. The van der Waals surface area contributed by atoms with Crippen LogP contribution < -0.4 is 4.74 Å². The van der Waals surface area contributed by atoms with E-state index in [9.17, 15) is 18.0 Å². The zero-order valence-corrected chi connectivity index (χ0v) is 14.5. The van der Waals surface area contributed by atoms with E-state index in [0.29, 0.717) is 10.7 Å². The molecular weight excluding hydrogens is 379 g/mol. The summed E-state index contributed by atoms with van der Waals surface area (Å²) in [6.45, 7) is 0. The van der Waals surface area contributed by atoms with Gasteiger partial charge in [0.1, 0.15) is 5.75 Å². The van der Waals surface area contributed by atoms with E-state index in [1.54, 1.807) is 12.3 Å². The highest BCUT2D eigenvalue weighted by molar-refractivity contribution is 7.98. The van der Waals surface area contributed by atoms with Crippen molar-refractivity contribution in [1.29, 1.82) is 0 Å². The lowest BCUT2D eigenvalue weighted by Crippen LogP contribution is -2.33. The van der Waals surface area contributed by atoms with E-state index in [0.717, 1.165) is 12.8 Å². The predicted molar refractivity (Wildman–Crippen MR) is 86.5 cm³/mol. The van der Waals surface area contributed by atoms with Crippen LogP contribution in [0.3, 0.4) is 0 Å². The molecule has 25 heavy (non-hydrogen) atoms. The van der Waals surface area contributed by atoms with E-state index in [1.165, 1.54) is 30.1 Å². The molecular formula is C16H13ClF3NO3S. The van der Waals surface area contributed by atoms with Crippen LogP contribution in [0.4, 0.5) is 13.2 Å². The van der Waals surface area contributed by atoms with Crippen LogP contribution in [0, 0.1) is 0 Å². The minimum absolute atomic E-state index is 0.107. The fraction of sp³-hybridized carbons (Fsp3) is 0.375. The molecule has 1 saturated carbocycles. The summed E-state index contributed by atoms with van der Waals surface area (Å²) in [5.41, 5.74) is -3.00. The number of halogens is 4. The van der Waals surface area contributed by atoms with Crippen LogP contribution in [0.25, 0.3) is 0 Å². The molecule has 1 atom stereocenters. The second kappa shape index (κ2) is 6.92. The summed E-state index contributed by atoms with van der Waals surface area (Å²) in [7, 11) is 0. The first-order valence-electron chi connectivity index (χ1n) is 7.35. The van der Waals surface area contributed by atoms with Crippen molar-refractivity contribution in [3.63, 3.8) is 0 Å². The molecule has 1 aliphatic rings. The molecule has 0 saturated heterocycles. The average molecular weight is 392 g/mol. The van der Waals surface area contributed by atoms with E-state index < -0.39 is 23.3 Å². The lowest BCUT2D eigenvalue weighted by molar-refractivity contribution is -0.199. The topological polar surface area (TPSA) is 52.3 Å². The van der Waals surface area contributed by atoms with Gasteiger partial charge in [-0.3, -0.25) is 4.79 Å². The van der Waals surface area contributed by atoms with Crippen molar-refractivity contribution in [2.45, 2.75) is 35.4 Å². The van der Waals surface area contributed by atoms with Crippen molar-refractivity contribution in [2.75, 3.05) is 6.26 Å². The van der Waals surface area contributed by atoms with Gasteiger partial charge in [0.2, 0.25) is 5.78 Å². The monoisotopic (exact) mass is 391 g/mol. The number of thioether (sulfide) groups is 1. The number of ketones is 1. The van der Waals surface area contributed by atoms with Crippen molar-refractivity contribution < 1.29 is 27.2 Å². The zero-order valence-electron chi connectivity index (χ0n) is 13.0. The second-order valence-electron chi connectivity index (χ2n) is 5.53. The summed E-state index contributed by atoms with van der Waals surface area (Å²) >= 11 is 6.10. The van der Waals surface area contributed by atoms with E-state index in [4.69, 9.17) is 16.1 Å². The zero-order chi connectivity index (χ0) is 18.2. The molecule has 0 spiro atoms. The Labute approximate surface area is 150 Å². The number of hydrogen-bond donors (Lipinski definition) is 0. The van der Waals surface area contributed by atoms with Gasteiger partial charge < -0.3 is 9.26 Å². The standard InChI is InChI=1S/C16H13ClF3NO3S/c1-25-9-4-5-10(12(6-9)23-16(19,20)15(17)18)13(22)11-7-21-24-14(11)8-2-3-8/h4-8,15H,2-3H2,1H3. The van der Waals surface area contributed by atoms with Crippen LogP contribution in [0.1, 0.15) is 40.4 Å². The number of carbonyl (C=O) groups excluding carboxylic acids is 1. The van der Waals surface area contributed by atoms with Gasteiger partial charge in [-0.1, -0.05) is 16.8 Å². The number of hydrogen-bond acceptors (Lipinski definition) is 5. The molecule has 1 fully saturated rings. The van der Waals surface area contributed by atoms with Crippen LogP contribution in [0.5, 0.6) is 5.75 Å². The largest absolute Gasteiger partial charge is 0.444 e. The maximum Gasteiger partial charge on any atom is 0.444 e. The number of alkyl halides is 4. The lowest BCUT2D eigenvalue weighted by Gasteiger charge is -2.20. The van der Waals surface area contributed by atoms with Gasteiger partial charge in [-0.05, 0) is 37.3 Å². The molecule has 1 heterocycles. The number of rotatable bonds is 7. The Morgan fingerprint density at radius 3 is 2.76 bits per heavy atom. The Bertz CT molecular complexity index is 793. The van der Waals surface area contributed by atoms with Crippen molar-refractivity contribution >= 4 is 29.1 Å². The first-order chi connectivity index (χ1) is 11.8. The van der Waals surface area contributed by atoms with Gasteiger partial charge in [-0.25, -0.2) is 4.39 Å². The molecule has 0 N–H and O–H groups in total. The second-order valence-corrected chi connectivity index (χ2v) is 6.80. The number of ether oxygens (including phenoxy) is 1. The van der Waals surface area contributed by atoms with Gasteiger partial charge in [0, 0.05) is 10.8 Å². The van der Waals surface area contributed by atoms with Crippen LogP contribution >= 0.6 is 23.4 Å². The number of carbonyl (C=O) groups is 1. The third kappa shape index (κ3) is 3.79. The van der Waals surface area contributed by atoms with E-state index in [1.807, 2.05) is 0 Å². The normalized spacial score (nSPS) is 15.9. The molecule has 0 bridgehead atoms. The summed E-state index contributed by atoms with van der Waals surface area (Å²) in [6.07, 6.45) is 0.446. The summed E-state index contributed by atoms with van der Waals surface area (Å²) in [5.74, 6) is -0.493. The molecule has 1 aromatic heterocycles. The lowest BCUT2D eigenvalue weighted by atomic mass is 10.0.